The fourth-order valence-corrected chi connectivity index (χ4v) is 5.01. The first-order valence-corrected chi connectivity index (χ1v) is 10.9. The molecule has 2 aromatic rings. The summed E-state index contributed by atoms with van der Waals surface area (Å²) in [4.78, 5) is 23.3. The van der Waals surface area contributed by atoms with Crippen molar-refractivity contribution in [2.75, 3.05) is 32.8 Å². The Bertz CT molecular complexity index is 820. The van der Waals surface area contributed by atoms with Crippen LogP contribution in [0.3, 0.4) is 0 Å². The number of rotatable bonds is 5. The largest absolute Gasteiger partial charge is 0.373 e. The number of nitrogens with zero attached hydrogens (tertiary/aromatic N) is 3. The highest BCUT2D eigenvalue weighted by atomic mass is 32.1. The Balaban J connectivity index is 1.42. The number of fused-ring (bicyclic) bond motifs is 1. The Morgan fingerprint density at radius 3 is 3.04 bits per heavy atom. The standard InChI is InChI=1S/C21H28N4O2S/c1-2-15-3-4-16(23-10-15)11-24-6-5-18-19(14-28-20(18)13-24)21(26)25-7-8-27-17(9-22)12-25/h3-4,10,14,17H,2,5-9,11-13,22H2,1H3. The summed E-state index contributed by atoms with van der Waals surface area (Å²) in [5, 5.41) is 2.04. The van der Waals surface area contributed by atoms with Crippen molar-refractivity contribution in [2.45, 2.75) is 39.0 Å². The predicted octanol–water partition coefficient (Wildman–Crippen LogP) is 2.06. The highest BCUT2D eigenvalue weighted by Crippen LogP contribution is 2.30. The third-order valence-corrected chi connectivity index (χ3v) is 6.64. The number of morpholine rings is 1. The van der Waals surface area contributed by atoms with Crippen molar-refractivity contribution in [1.82, 2.24) is 14.8 Å². The summed E-state index contributed by atoms with van der Waals surface area (Å²) in [6.45, 7) is 7.09. The molecular formula is C21H28N4O2S. The lowest BCUT2D eigenvalue weighted by Crippen LogP contribution is -2.48. The molecule has 0 bridgehead atoms. The second-order valence-electron chi connectivity index (χ2n) is 7.50. The predicted molar refractivity (Wildman–Crippen MR) is 110 cm³/mol. The van der Waals surface area contributed by atoms with E-state index in [-0.39, 0.29) is 12.0 Å². The van der Waals surface area contributed by atoms with Gasteiger partial charge in [-0.3, -0.25) is 14.7 Å². The van der Waals surface area contributed by atoms with E-state index in [9.17, 15) is 4.79 Å². The number of ether oxygens (including phenoxy) is 1. The van der Waals surface area contributed by atoms with Crippen molar-refractivity contribution in [1.29, 1.82) is 0 Å². The van der Waals surface area contributed by atoms with Crippen LogP contribution in [0, 0.1) is 0 Å². The fraction of sp³-hybridized carbons (Fsp3) is 0.524. The van der Waals surface area contributed by atoms with Gasteiger partial charge in [-0.25, -0.2) is 0 Å². The smallest absolute Gasteiger partial charge is 0.255 e. The van der Waals surface area contributed by atoms with Crippen molar-refractivity contribution < 1.29 is 9.53 Å². The van der Waals surface area contributed by atoms with Gasteiger partial charge in [-0.05, 0) is 30.0 Å². The quantitative estimate of drug-likeness (QED) is 0.832. The van der Waals surface area contributed by atoms with Gasteiger partial charge in [-0.2, -0.15) is 0 Å². The first-order valence-electron chi connectivity index (χ1n) is 10.0. The van der Waals surface area contributed by atoms with Gasteiger partial charge in [0.2, 0.25) is 0 Å². The van der Waals surface area contributed by atoms with E-state index in [0.717, 1.165) is 43.7 Å². The molecule has 1 atom stereocenters. The number of carbonyl (C=O) groups excluding carboxylic acids is 1. The number of aromatic nitrogens is 1. The van der Waals surface area contributed by atoms with Crippen LogP contribution in [0.4, 0.5) is 0 Å². The summed E-state index contributed by atoms with van der Waals surface area (Å²) in [5.74, 6) is 0.129. The van der Waals surface area contributed by atoms with Crippen LogP contribution < -0.4 is 5.73 Å². The van der Waals surface area contributed by atoms with Crippen LogP contribution in [0.1, 0.15) is 39.0 Å². The molecule has 2 aliphatic rings. The Morgan fingerprint density at radius 2 is 2.29 bits per heavy atom. The van der Waals surface area contributed by atoms with Crippen molar-refractivity contribution in [3.05, 3.63) is 51.0 Å². The average molecular weight is 401 g/mol. The lowest BCUT2D eigenvalue weighted by Gasteiger charge is -2.33. The number of amides is 1. The number of aryl methyl sites for hydroxylation is 1. The topological polar surface area (TPSA) is 71.7 Å². The molecule has 4 rings (SSSR count). The molecule has 1 amide bonds. The Morgan fingerprint density at radius 1 is 1.39 bits per heavy atom. The number of hydrogen-bond donors (Lipinski definition) is 1. The molecule has 1 unspecified atom stereocenters. The van der Waals surface area contributed by atoms with Gasteiger partial charge in [-0.1, -0.05) is 13.0 Å². The highest BCUT2D eigenvalue weighted by Gasteiger charge is 2.29. The molecule has 6 nitrogen and oxygen atoms in total. The molecule has 1 saturated heterocycles. The molecule has 28 heavy (non-hydrogen) atoms. The number of nitrogens with two attached hydrogens (primary N) is 1. The summed E-state index contributed by atoms with van der Waals surface area (Å²) >= 11 is 1.71. The van der Waals surface area contributed by atoms with Crippen molar-refractivity contribution in [2.24, 2.45) is 5.73 Å². The zero-order valence-electron chi connectivity index (χ0n) is 16.4. The van der Waals surface area contributed by atoms with Crippen molar-refractivity contribution in [3.8, 4) is 0 Å². The molecule has 4 heterocycles. The molecule has 0 aromatic carbocycles. The molecule has 150 valence electrons. The normalized spacial score (nSPS) is 20.2. The van der Waals surface area contributed by atoms with Crippen LogP contribution in [0.5, 0.6) is 0 Å². The summed E-state index contributed by atoms with van der Waals surface area (Å²) in [7, 11) is 0. The van der Waals surface area contributed by atoms with Crippen LogP contribution in [0.2, 0.25) is 0 Å². The summed E-state index contributed by atoms with van der Waals surface area (Å²) in [6.07, 6.45) is 3.86. The van der Waals surface area contributed by atoms with Gasteiger partial charge in [0.15, 0.2) is 0 Å². The van der Waals surface area contributed by atoms with E-state index in [1.54, 1.807) is 11.3 Å². The van der Waals surface area contributed by atoms with E-state index in [2.05, 4.69) is 28.9 Å². The van der Waals surface area contributed by atoms with E-state index in [0.29, 0.717) is 26.2 Å². The lowest BCUT2D eigenvalue weighted by molar-refractivity contribution is -0.0167. The minimum atomic E-state index is -0.0470. The molecule has 2 aromatic heterocycles. The van der Waals surface area contributed by atoms with E-state index in [4.69, 9.17) is 10.5 Å². The van der Waals surface area contributed by atoms with Gasteiger partial charge in [0.05, 0.1) is 24.0 Å². The second kappa shape index (κ2) is 8.69. The number of thiophene rings is 1. The minimum absolute atomic E-state index is 0.0470. The van der Waals surface area contributed by atoms with Crippen molar-refractivity contribution >= 4 is 17.2 Å². The van der Waals surface area contributed by atoms with Crippen LogP contribution in [0.25, 0.3) is 0 Å². The fourth-order valence-electron chi connectivity index (χ4n) is 3.90. The van der Waals surface area contributed by atoms with E-state index in [1.807, 2.05) is 16.5 Å². The molecule has 2 N–H and O–H groups in total. The van der Waals surface area contributed by atoms with Gasteiger partial charge in [0, 0.05) is 55.7 Å². The molecule has 0 spiro atoms. The molecular weight excluding hydrogens is 372 g/mol. The van der Waals surface area contributed by atoms with Gasteiger partial charge in [-0.15, -0.1) is 11.3 Å². The zero-order valence-corrected chi connectivity index (χ0v) is 17.2. The van der Waals surface area contributed by atoms with Crippen LogP contribution in [0.15, 0.2) is 23.7 Å². The first-order chi connectivity index (χ1) is 13.7. The van der Waals surface area contributed by atoms with E-state index in [1.165, 1.54) is 16.0 Å². The van der Waals surface area contributed by atoms with Gasteiger partial charge in [0.25, 0.3) is 5.91 Å². The van der Waals surface area contributed by atoms with E-state index < -0.39 is 0 Å². The monoisotopic (exact) mass is 400 g/mol. The second-order valence-corrected chi connectivity index (χ2v) is 8.47. The van der Waals surface area contributed by atoms with Gasteiger partial charge >= 0.3 is 0 Å². The highest BCUT2D eigenvalue weighted by molar-refractivity contribution is 7.10. The van der Waals surface area contributed by atoms with Gasteiger partial charge < -0.3 is 15.4 Å². The summed E-state index contributed by atoms with van der Waals surface area (Å²) < 4.78 is 5.59. The van der Waals surface area contributed by atoms with Crippen molar-refractivity contribution in [3.63, 3.8) is 0 Å². The maximum Gasteiger partial charge on any atom is 0.255 e. The maximum atomic E-state index is 13.0. The van der Waals surface area contributed by atoms with E-state index >= 15 is 0 Å². The van der Waals surface area contributed by atoms with Crippen LogP contribution in [-0.4, -0.2) is 59.6 Å². The maximum absolute atomic E-state index is 13.0. The Hall–Kier alpha value is -1.80. The third kappa shape index (κ3) is 4.12. The molecule has 0 saturated carbocycles. The molecule has 7 heteroatoms. The van der Waals surface area contributed by atoms with Gasteiger partial charge in [0.1, 0.15) is 0 Å². The SMILES string of the molecule is CCc1ccc(CN2CCc3c(C(=O)N4CCOC(CN)C4)csc3C2)nc1. The Labute approximate surface area is 170 Å². The van der Waals surface area contributed by atoms with Crippen LogP contribution in [-0.2, 0) is 30.7 Å². The molecule has 0 aliphatic carbocycles. The lowest BCUT2D eigenvalue weighted by atomic mass is 10.0. The number of carbonyl (C=O) groups is 1. The Kier molecular flexibility index (Phi) is 6.06. The first kappa shape index (κ1) is 19.5. The average Bonchev–Trinajstić information content (AvgIpc) is 3.17. The summed E-state index contributed by atoms with van der Waals surface area (Å²) in [6, 6.07) is 4.29. The minimum Gasteiger partial charge on any atom is -0.373 e. The number of pyridine rings is 1. The summed E-state index contributed by atoms with van der Waals surface area (Å²) in [5.41, 5.74) is 10.2. The third-order valence-electron chi connectivity index (χ3n) is 5.63. The molecule has 2 aliphatic heterocycles. The number of hydrogen-bond acceptors (Lipinski definition) is 6. The van der Waals surface area contributed by atoms with Crippen LogP contribution >= 0.6 is 11.3 Å². The molecule has 1 fully saturated rings. The molecule has 0 radical (unpaired) electrons. The zero-order chi connectivity index (χ0) is 19.5.